The number of carbonyl (C=O) groups excluding carboxylic acids is 1. The van der Waals surface area contributed by atoms with Crippen molar-refractivity contribution in [3.8, 4) is 0 Å². The Labute approximate surface area is 212 Å². The van der Waals surface area contributed by atoms with Crippen LogP contribution in [0.3, 0.4) is 0 Å². The van der Waals surface area contributed by atoms with Gasteiger partial charge in [-0.3, -0.25) is 4.79 Å². The molecule has 6 nitrogen and oxygen atoms in total. The van der Waals surface area contributed by atoms with Crippen molar-refractivity contribution < 1.29 is 30.8 Å². The number of hydrogen-bond acceptors (Lipinski definition) is 4. The molecule has 1 aliphatic heterocycles. The monoisotopic (exact) mass is 535 g/mol. The predicted octanol–water partition coefficient (Wildman–Crippen LogP) is 4.08. The Morgan fingerprint density at radius 1 is 0.892 bits per heavy atom. The van der Waals surface area contributed by atoms with Crippen molar-refractivity contribution >= 4 is 21.6 Å². The second-order valence-corrected chi connectivity index (χ2v) is 10.4. The van der Waals surface area contributed by atoms with E-state index in [1.165, 1.54) is 11.0 Å². The maximum absolute atomic E-state index is 13.5. The van der Waals surface area contributed by atoms with Gasteiger partial charge in [-0.1, -0.05) is 36.4 Å². The summed E-state index contributed by atoms with van der Waals surface area (Å²) < 4.78 is 81.0. The van der Waals surface area contributed by atoms with Gasteiger partial charge < -0.3 is 9.80 Å². The van der Waals surface area contributed by atoms with E-state index in [-0.39, 0.29) is 37.5 Å². The highest BCUT2D eigenvalue weighted by Gasteiger charge is 2.33. The fraction of sp³-hybridized carbons (Fsp3) is 0.269. The number of hydrogen-bond donors (Lipinski definition) is 1. The van der Waals surface area contributed by atoms with Gasteiger partial charge in [0.25, 0.3) is 0 Å². The molecule has 4 rings (SSSR count). The van der Waals surface area contributed by atoms with Crippen LogP contribution in [0, 0.1) is 5.82 Å². The third-order valence-electron chi connectivity index (χ3n) is 6.13. The van der Waals surface area contributed by atoms with Gasteiger partial charge >= 0.3 is 6.18 Å². The lowest BCUT2D eigenvalue weighted by atomic mass is 10.1. The van der Waals surface area contributed by atoms with Gasteiger partial charge in [0.15, 0.2) is 0 Å². The van der Waals surface area contributed by atoms with Crippen molar-refractivity contribution in [2.24, 2.45) is 0 Å². The lowest BCUT2D eigenvalue weighted by molar-refractivity contribution is -0.137. The zero-order valence-corrected chi connectivity index (χ0v) is 20.5. The zero-order valence-electron chi connectivity index (χ0n) is 19.7. The second kappa shape index (κ2) is 10.9. The first-order valence-electron chi connectivity index (χ1n) is 11.6. The van der Waals surface area contributed by atoms with Gasteiger partial charge in [-0.05, 0) is 54.4 Å². The van der Waals surface area contributed by atoms with Crippen LogP contribution >= 0.6 is 0 Å². The van der Waals surface area contributed by atoms with Gasteiger partial charge in [0.1, 0.15) is 11.9 Å². The molecule has 3 aromatic carbocycles. The SMILES string of the molecule is O=C([C@@H](Cc1ccccc1)NS(=O)(=O)c1ccc(F)cc1)N1CCN(c2cccc(C(F)(F)F)c2)CC1. The van der Waals surface area contributed by atoms with Crippen LogP contribution in [-0.4, -0.2) is 51.4 Å². The van der Waals surface area contributed by atoms with Crippen LogP contribution in [0.2, 0.25) is 0 Å². The van der Waals surface area contributed by atoms with Gasteiger partial charge in [0.05, 0.1) is 10.5 Å². The summed E-state index contributed by atoms with van der Waals surface area (Å²) in [5, 5.41) is 0. The summed E-state index contributed by atoms with van der Waals surface area (Å²) in [6.45, 7) is 0.989. The molecule has 3 aromatic rings. The highest BCUT2D eigenvalue weighted by Crippen LogP contribution is 2.32. The van der Waals surface area contributed by atoms with Crippen LogP contribution in [-0.2, 0) is 27.4 Å². The largest absolute Gasteiger partial charge is 0.416 e. The molecule has 1 fully saturated rings. The molecule has 196 valence electrons. The molecular formula is C26H25F4N3O3S. The first kappa shape index (κ1) is 26.6. The number of nitrogens with one attached hydrogen (secondary N) is 1. The number of amides is 1. The first-order valence-corrected chi connectivity index (χ1v) is 13.0. The summed E-state index contributed by atoms with van der Waals surface area (Å²) in [4.78, 5) is 16.6. The molecule has 1 N–H and O–H groups in total. The minimum Gasteiger partial charge on any atom is -0.368 e. The van der Waals surface area contributed by atoms with Crippen molar-refractivity contribution in [3.63, 3.8) is 0 Å². The number of sulfonamides is 1. The summed E-state index contributed by atoms with van der Waals surface area (Å²) in [5.41, 5.74) is 0.395. The van der Waals surface area contributed by atoms with Gasteiger partial charge in [-0.15, -0.1) is 0 Å². The number of benzene rings is 3. The van der Waals surface area contributed by atoms with Gasteiger partial charge in [0.2, 0.25) is 15.9 Å². The van der Waals surface area contributed by atoms with E-state index in [1.54, 1.807) is 41.3 Å². The number of halogens is 4. The summed E-state index contributed by atoms with van der Waals surface area (Å²) in [7, 11) is -4.13. The molecule has 1 amide bonds. The van der Waals surface area contributed by atoms with Gasteiger partial charge in [-0.25, -0.2) is 12.8 Å². The lowest BCUT2D eigenvalue weighted by Crippen LogP contribution is -2.55. The van der Waals surface area contributed by atoms with E-state index < -0.39 is 39.5 Å². The van der Waals surface area contributed by atoms with Crippen molar-refractivity contribution in [2.45, 2.75) is 23.5 Å². The summed E-state index contributed by atoms with van der Waals surface area (Å²) in [5.74, 6) is -1.03. The summed E-state index contributed by atoms with van der Waals surface area (Å²) >= 11 is 0. The lowest BCUT2D eigenvalue weighted by Gasteiger charge is -2.37. The second-order valence-electron chi connectivity index (χ2n) is 8.68. The highest BCUT2D eigenvalue weighted by atomic mass is 32.2. The normalized spacial score (nSPS) is 15.5. The number of piperazine rings is 1. The van der Waals surface area contributed by atoms with E-state index in [0.717, 1.165) is 42.0 Å². The third-order valence-corrected chi connectivity index (χ3v) is 7.62. The number of anilines is 1. The van der Waals surface area contributed by atoms with Crippen molar-refractivity contribution in [3.05, 3.63) is 95.8 Å². The van der Waals surface area contributed by atoms with E-state index in [9.17, 15) is 30.8 Å². The topological polar surface area (TPSA) is 69.7 Å². The standard InChI is InChI=1S/C26H25F4N3O3S/c27-21-9-11-23(12-10-21)37(35,36)31-24(17-19-5-2-1-3-6-19)25(34)33-15-13-32(14-16-33)22-8-4-7-20(18-22)26(28,29)30/h1-12,18,24,31H,13-17H2/t24-/m1/s1. The number of carbonyl (C=O) groups is 1. The van der Waals surface area contributed by atoms with Crippen LogP contribution in [0.5, 0.6) is 0 Å². The van der Waals surface area contributed by atoms with Crippen LogP contribution < -0.4 is 9.62 Å². The van der Waals surface area contributed by atoms with Crippen LogP contribution in [0.1, 0.15) is 11.1 Å². The maximum Gasteiger partial charge on any atom is 0.416 e. The van der Waals surface area contributed by atoms with Gasteiger partial charge in [-0.2, -0.15) is 17.9 Å². The molecule has 37 heavy (non-hydrogen) atoms. The van der Waals surface area contributed by atoms with Crippen LogP contribution in [0.15, 0.2) is 83.8 Å². The highest BCUT2D eigenvalue weighted by molar-refractivity contribution is 7.89. The molecule has 0 radical (unpaired) electrons. The quantitative estimate of drug-likeness (QED) is 0.463. The molecule has 1 atom stereocenters. The Morgan fingerprint density at radius 3 is 2.16 bits per heavy atom. The molecule has 0 spiro atoms. The molecule has 11 heteroatoms. The first-order chi connectivity index (χ1) is 17.5. The van der Waals surface area contributed by atoms with Crippen LogP contribution in [0.4, 0.5) is 23.2 Å². The fourth-order valence-corrected chi connectivity index (χ4v) is 5.37. The predicted molar refractivity (Wildman–Crippen MR) is 131 cm³/mol. The Bertz CT molecular complexity index is 1330. The van der Waals surface area contributed by atoms with Crippen molar-refractivity contribution in [1.29, 1.82) is 0 Å². The maximum atomic E-state index is 13.5. The minimum absolute atomic E-state index is 0.0912. The average Bonchev–Trinajstić information content (AvgIpc) is 2.88. The number of alkyl halides is 3. The fourth-order valence-electron chi connectivity index (χ4n) is 4.18. The molecule has 0 aromatic heterocycles. The van der Waals surface area contributed by atoms with Crippen molar-refractivity contribution in [2.75, 3.05) is 31.1 Å². The minimum atomic E-state index is -4.46. The Hall–Kier alpha value is -3.44. The Balaban J connectivity index is 1.49. The van der Waals surface area contributed by atoms with Gasteiger partial charge in [0, 0.05) is 31.9 Å². The summed E-state index contributed by atoms with van der Waals surface area (Å²) in [6.07, 6.45) is -4.37. The molecule has 0 unspecified atom stereocenters. The van der Waals surface area contributed by atoms with Crippen LogP contribution in [0.25, 0.3) is 0 Å². The van der Waals surface area contributed by atoms with E-state index in [4.69, 9.17) is 0 Å². The number of nitrogens with zero attached hydrogens (tertiary/aromatic N) is 2. The summed E-state index contributed by atoms with van der Waals surface area (Å²) in [6, 6.07) is 17.1. The Kier molecular flexibility index (Phi) is 7.84. The van der Waals surface area contributed by atoms with Crippen molar-refractivity contribution in [1.82, 2.24) is 9.62 Å². The Morgan fingerprint density at radius 2 is 1.54 bits per heavy atom. The smallest absolute Gasteiger partial charge is 0.368 e. The molecule has 1 heterocycles. The third kappa shape index (κ3) is 6.66. The molecule has 0 saturated carbocycles. The molecule has 0 aliphatic carbocycles. The van der Waals surface area contributed by atoms with E-state index in [1.807, 2.05) is 0 Å². The van der Waals surface area contributed by atoms with E-state index in [0.29, 0.717) is 5.69 Å². The molecule has 1 saturated heterocycles. The molecular weight excluding hydrogens is 510 g/mol. The van der Waals surface area contributed by atoms with E-state index >= 15 is 0 Å². The molecule has 0 bridgehead atoms. The molecule has 1 aliphatic rings. The van der Waals surface area contributed by atoms with E-state index in [2.05, 4.69) is 4.72 Å². The zero-order chi connectivity index (χ0) is 26.6. The number of rotatable bonds is 7. The average molecular weight is 536 g/mol.